The minimum atomic E-state index is -0.435. The topological polar surface area (TPSA) is 78.2 Å². The zero-order valence-corrected chi connectivity index (χ0v) is 22.3. The van der Waals surface area contributed by atoms with Crippen molar-refractivity contribution in [3.63, 3.8) is 0 Å². The maximum absolute atomic E-state index is 13.7. The molecule has 0 amide bonds. The molecule has 1 saturated heterocycles. The Morgan fingerprint density at radius 1 is 0.921 bits per heavy atom. The van der Waals surface area contributed by atoms with Gasteiger partial charge < -0.3 is 24.4 Å². The van der Waals surface area contributed by atoms with Crippen LogP contribution in [0.4, 0.5) is 5.69 Å². The summed E-state index contributed by atoms with van der Waals surface area (Å²) in [5.41, 5.74) is 5.35. The van der Waals surface area contributed by atoms with E-state index in [-0.39, 0.29) is 18.1 Å². The second-order valence-corrected chi connectivity index (χ2v) is 10.0. The molecule has 0 unspecified atom stereocenters. The van der Waals surface area contributed by atoms with Crippen LogP contribution in [0.15, 0.2) is 60.7 Å². The van der Waals surface area contributed by atoms with Crippen LogP contribution in [-0.4, -0.2) is 59.4 Å². The zero-order valence-electron chi connectivity index (χ0n) is 22.3. The molecule has 7 nitrogen and oxygen atoms in total. The first-order valence-corrected chi connectivity index (χ1v) is 13.2. The lowest BCUT2D eigenvalue weighted by atomic mass is 9.99. The lowest BCUT2D eigenvalue weighted by Crippen LogP contribution is -2.29. The molecule has 0 saturated carbocycles. The molecular weight excluding hydrogens is 478 g/mol. The summed E-state index contributed by atoms with van der Waals surface area (Å²) < 4.78 is 7.67. The van der Waals surface area contributed by atoms with Gasteiger partial charge in [0.1, 0.15) is 11.5 Å². The van der Waals surface area contributed by atoms with Crippen LogP contribution < -0.4 is 4.90 Å². The van der Waals surface area contributed by atoms with E-state index in [1.54, 1.807) is 37.3 Å². The number of carbonyl (C=O) groups is 1. The second kappa shape index (κ2) is 10.8. The predicted octanol–water partition coefficient (Wildman–Crippen LogP) is 5.94. The van der Waals surface area contributed by atoms with Gasteiger partial charge in [-0.05, 0) is 99.1 Å². The molecule has 198 valence electrons. The molecule has 0 aliphatic carbocycles. The van der Waals surface area contributed by atoms with Gasteiger partial charge in [-0.1, -0.05) is 6.42 Å². The molecule has 0 bridgehead atoms. The molecule has 1 aliphatic heterocycles. The number of phenols is 2. The Balaban J connectivity index is 1.84. The van der Waals surface area contributed by atoms with Crippen molar-refractivity contribution in [2.75, 3.05) is 38.7 Å². The average molecular weight is 514 g/mol. The van der Waals surface area contributed by atoms with Gasteiger partial charge in [0.2, 0.25) is 0 Å². The third-order valence-electron chi connectivity index (χ3n) is 7.29. The molecule has 5 rings (SSSR count). The third-order valence-corrected chi connectivity index (χ3v) is 7.29. The summed E-state index contributed by atoms with van der Waals surface area (Å²) in [5.74, 6) is -0.117. The second-order valence-electron chi connectivity index (χ2n) is 10.0. The molecule has 0 atom stereocenters. The summed E-state index contributed by atoms with van der Waals surface area (Å²) in [6.45, 7) is 4.50. The minimum absolute atomic E-state index is 0.146. The summed E-state index contributed by atoms with van der Waals surface area (Å²) in [4.78, 5) is 18.1. The fraction of sp³-hybridized carbons (Fsp3) is 0.323. The van der Waals surface area contributed by atoms with Crippen LogP contribution >= 0.6 is 0 Å². The van der Waals surface area contributed by atoms with Gasteiger partial charge in [-0.15, -0.1) is 0 Å². The van der Waals surface area contributed by atoms with Crippen molar-refractivity contribution in [1.82, 2.24) is 9.47 Å². The molecule has 0 radical (unpaired) electrons. The molecule has 0 spiro atoms. The van der Waals surface area contributed by atoms with Crippen molar-refractivity contribution in [3.8, 4) is 28.4 Å². The highest BCUT2D eigenvalue weighted by atomic mass is 16.5. The number of aromatic nitrogens is 1. The number of likely N-dealkylation sites (tertiary alicyclic amines) is 1. The molecular formula is C31H35N3O4. The van der Waals surface area contributed by atoms with Crippen LogP contribution in [0, 0.1) is 0 Å². The van der Waals surface area contributed by atoms with E-state index >= 15 is 0 Å². The fourth-order valence-electron chi connectivity index (χ4n) is 5.40. The van der Waals surface area contributed by atoms with Gasteiger partial charge >= 0.3 is 5.97 Å². The molecule has 38 heavy (non-hydrogen) atoms. The van der Waals surface area contributed by atoms with Crippen molar-refractivity contribution in [3.05, 3.63) is 71.8 Å². The highest BCUT2D eigenvalue weighted by Crippen LogP contribution is 2.42. The first-order valence-electron chi connectivity index (χ1n) is 13.2. The van der Waals surface area contributed by atoms with Crippen LogP contribution in [0.25, 0.3) is 27.8 Å². The monoisotopic (exact) mass is 513 g/mol. The number of hydrogen-bond donors (Lipinski definition) is 2. The summed E-state index contributed by atoms with van der Waals surface area (Å²) in [7, 11) is 3.99. The van der Waals surface area contributed by atoms with Gasteiger partial charge in [-0.25, -0.2) is 4.79 Å². The first-order chi connectivity index (χ1) is 18.4. The number of fused-ring (bicyclic) bond motifs is 1. The van der Waals surface area contributed by atoms with E-state index < -0.39 is 5.97 Å². The van der Waals surface area contributed by atoms with Gasteiger partial charge in [0, 0.05) is 43.0 Å². The first kappa shape index (κ1) is 25.7. The lowest BCUT2D eigenvalue weighted by molar-refractivity contribution is 0.0529. The summed E-state index contributed by atoms with van der Waals surface area (Å²) in [6, 6.07) is 18.6. The Kier molecular flexibility index (Phi) is 7.29. The fourth-order valence-corrected chi connectivity index (χ4v) is 5.40. The van der Waals surface area contributed by atoms with E-state index in [9.17, 15) is 15.0 Å². The van der Waals surface area contributed by atoms with Crippen LogP contribution in [0.3, 0.4) is 0 Å². The number of piperidine rings is 1. The van der Waals surface area contributed by atoms with E-state index in [1.165, 1.54) is 6.42 Å². The van der Waals surface area contributed by atoms with Crippen molar-refractivity contribution in [1.29, 1.82) is 0 Å². The number of ether oxygens (including phenoxy) is 1. The highest BCUT2D eigenvalue weighted by molar-refractivity contribution is 6.13. The van der Waals surface area contributed by atoms with E-state index in [2.05, 4.69) is 9.47 Å². The predicted molar refractivity (Wildman–Crippen MR) is 151 cm³/mol. The largest absolute Gasteiger partial charge is 0.508 e. The van der Waals surface area contributed by atoms with Crippen LogP contribution in [0.2, 0.25) is 0 Å². The van der Waals surface area contributed by atoms with Crippen LogP contribution in [0.1, 0.15) is 42.1 Å². The number of hydrogen-bond acceptors (Lipinski definition) is 6. The van der Waals surface area contributed by atoms with Crippen molar-refractivity contribution in [2.24, 2.45) is 0 Å². The molecule has 2 heterocycles. The summed E-state index contributed by atoms with van der Waals surface area (Å²) in [6.07, 6.45) is 3.46. The molecule has 3 aromatic carbocycles. The highest BCUT2D eigenvalue weighted by Gasteiger charge is 2.29. The summed E-state index contributed by atoms with van der Waals surface area (Å²) >= 11 is 0. The molecule has 7 heteroatoms. The number of carbonyl (C=O) groups excluding carboxylic acids is 1. The Morgan fingerprint density at radius 3 is 2.24 bits per heavy atom. The van der Waals surface area contributed by atoms with E-state index in [1.807, 2.05) is 49.3 Å². The van der Waals surface area contributed by atoms with Gasteiger partial charge in [-0.2, -0.15) is 0 Å². The smallest absolute Gasteiger partial charge is 0.340 e. The number of phenolic OH excluding ortho intramolecular Hbond substituents is 2. The standard InChI is InChI=1S/C31H35N3O4/c1-4-38-31(37)29-28-25(20-33-18-6-5-7-19-33)27(36)17-16-26(28)34(23-12-10-22(11-13-23)32(2)3)30(29)21-8-14-24(35)15-9-21/h8-17,35-36H,4-7,18-20H2,1-3H3. The Bertz CT molecular complexity index is 1430. The maximum atomic E-state index is 13.7. The van der Waals surface area contributed by atoms with Gasteiger partial charge in [0.05, 0.1) is 23.4 Å². The Morgan fingerprint density at radius 2 is 1.61 bits per heavy atom. The van der Waals surface area contributed by atoms with Crippen molar-refractivity contribution >= 4 is 22.6 Å². The lowest BCUT2D eigenvalue weighted by Gasteiger charge is -2.27. The van der Waals surface area contributed by atoms with Crippen molar-refractivity contribution < 1.29 is 19.7 Å². The van der Waals surface area contributed by atoms with Crippen LogP contribution in [0.5, 0.6) is 11.5 Å². The Labute approximate surface area is 223 Å². The number of aromatic hydroxyl groups is 2. The molecule has 1 aliphatic rings. The zero-order chi connectivity index (χ0) is 26.8. The van der Waals surface area contributed by atoms with Gasteiger partial charge in [0.25, 0.3) is 0 Å². The molecule has 4 aromatic rings. The quantitative estimate of drug-likeness (QED) is 0.298. The van der Waals surface area contributed by atoms with Crippen LogP contribution in [-0.2, 0) is 11.3 Å². The maximum Gasteiger partial charge on any atom is 0.340 e. The summed E-state index contributed by atoms with van der Waals surface area (Å²) in [5, 5.41) is 21.8. The number of benzene rings is 3. The average Bonchev–Trinajstić information content (AvgIpc) is 3.27. The third kappa shape index (κ3) is 4.82. The SMILES string of the molecule is CCOC(=O)c1c(-c2ccc(O)cc2)n(-c2ccc(N(C)C)cc2)c2ccc(O)c(CN3CCCCC3)c12. The van der Waals surface area contributed by atoms with E-state index in [0.717, 1.165) is 53.9 Å². The number of anilines is 1. The Hall–Kier alpha value is -3.97. The van der Waals surface area contributed by atoms with Gasteiger partial charge in [-0.3, -0.25) is 4.90 Å². The van der Waals surface area contributed by atoms with E-state index in [4.69, 9.17) is 4.74 Å². The number of rotatable bonds is 7. The van der Waals surface area contributed by atoms with Gasteiger partial charge in [0.15, 0.2) is 0 Å². The molecule has 1 aromatic heterocycles. The van der Waals surface area contributed by atoms with Crippen molar-refractivity contribution in [2.45, 2.75) is 32.7 Å². The minimum Gasteiger partial charge on any atom is -0.508 e. The van der Waals surface area contributed by atoms with E-state index in [0.29, 0.717) is 23.2 Å². The number of esters is 1. The molecule has 1 fully saturated rings. The molecule has 2 N–H and O–H groups in total. The number of nitrogens with zero attached hydrogens (tertiary/aromatic N) is 3. The normalized spacial score (nSPS) is 14.1.